The number of carbonyl (C=O) groups excluding carboxylic acids is 1. The van der Waals surface area contributed by atoms with Gasteiger partial charge < -0.3 is 9.30 Å². The second-order valence-corrected chi connectivity index (χ2v) is 7.89. The first-order chi connectivity index (χ1) is 14.2. The molecule has 3 aromatic carbocycles. The molecule has 5 heteroatoms. The first kappa shape index (κ1) is 19.4. The van der Waals surface area contributed by atoms with Crippen molar-refractivity contribution in [2.24, 2.45) is 4.99 Å². The number of amides is 1. The van der Waals surface area contributed by atoms with E-state index in [-0.39, 0.29) is 5.91 Å². The largest absolute Gasteiger partial charge is 0.494 e. The number of carbonyl (C=O) groups is 1. The maximum absolute atomic E-state index is 12.9. The summed E-state index contributed by atoms with van der Waals surface area (Å²) >= 11 is 1.57. The lowest BCUT2D eigenvalue weighted by atomic mass is 10.1. The van der Waals surface area contributed by atoms with Crippen LogP contribution < -0.4 is 9.54 Å². The molecule has 1 amide bonds. The van der Waals surface area contributed by atoms with Gasteiger partial charge in [-0.2, -0.15) is 4.99 Å². The number of fused-ring (bicyclic) bond motifs is 3. The molecule has 0 fully saturated rings. The van der Waals surface area contributed by atoms with E-state index in [4.69, 9.17) is 4.74 Å². The Balaban J connectivity index is 1.75. The van der Waals surface area contributed by atoms with Gasteiger partial charge in [-0.25, -0.2) is 0 Å². The van der Waals surface area contributed by atoms with Gasteiger partial charge in [0.2, 0.25) is 0 Å². The molecule has 0 aliphatic heterocycles. The number of thiazole rings is 1. The lowest BCUT2D eigenvalue weighted by Crippen LogP contribution is -2.15. The molecule has 4 nitrogen and oxygen atoms in total. The minimum absolute atomic E-state index is 0.246. The molecule has 0 bridgehead atoms. The molecule has 1 heterocycles. The molecule has 29 heavy (non-hydrogen) atoms. The maximum Gasteiger partial charge on any atom is 0.279 e. The summed E-state index contributed by atoms with van der Waals surface area (Å²) in [5.41, 5.74) is 1.66. The molecule has 0 aliphatic carbocycles. The standard InChI is InChI=1S/C24H24N2O2S/c1-3-5-15-28-19-11-8-10-18(16-19)23(27)25-24-26(4-2)21-14-13-17-9-6-7-12-20(17)22(21)29-24/h6-14,16H,3-5,15H2,1-2H3. The predicted molar refractivity (Wildman–Crippen MR) is 120 cm³/mol. The fourth-order valence-corrected chi connectivity index (χ4v) is 4.62. The van der Waals surface area contributed by atoms with E-state index >= 15 is 0 Å². The number of aromatic nitrogens is 1. The molecule has 0 atom stereocenters. The van der Waals surface area contributed by atoms with Crippen molar-refractivity contribution < 1.29 is 9.53 Å². The van der Waals surface area contributed by atoms with Crippen molar-refractivity contribution in [3.8, 4) is 5.75 Å². The fourth-order valence-electron chi connectivity index (χ4n) is 3.39. The van der Waals surface area contributed by atoms with Gasteiger partial charge >= 0.3 is 0 Å². The van der Waals surface area contributed by atoms with Gasteiger partial charge in [0.25, 0.3) is 5.91 Å². The summed E-state index contributed by atoms with van der Waals surface area (Å²) in [6.45, 7) is 5.61. The smallest absolute Gasteiger partial charge is 0.279 e. The zero-order valence-corrected chi connectivity index (χ0v) is 17.5. The number of rotatable bonds is 6. The Bertz CT molecular complexity index is 1240. The maximum atomic E-state index is 12.9. The number of ether oxygens (including phenoxy) is 1. The molecule has 4 rings (SSSR count). The van der Waals surface area contributed by atoms with Crippen molar-refractivity contribution >= 4 is 38.2 Å². The third kappa shape index (κ3) is 3.96. The molecule has 0 unspecified atom stereocenters. The number of unbranched alkanes of at least 4 members (excludes halogenated alkanes) is 1. The van der Waals surface area contributed by atoms with E-state index in [0.29, 0.717) is 17.9 Å². The molecule has 0 spiro atoms. The number of benzene rings is 3. The van der Waals surface area contributed by atoms with Crippen LogP contribution in [0.25, 0.3) is 21.0 Å². The van der Waals surface area contributed by atoms with Crippen LogP contribution in [0.2, 0.25) is 0 Å². The molecular formula is C24H24N2O2S. The molecular weight excluding hydrogens is 380 g/mol. The Morgan fingerprint density at radius 3 is 2.76 bits per heavy atom. The highest BCUT2D eigenvalue weighted by Crippen LogP contribution is 2.27. The first-order valence-electron chi connectivity index (χ1n) is 10.0. The van der Waals surface area contributed by atoms with Gasteiger partial charge in [-0.3, -0.25) is 4.79 Å². The minimum atomic E-state index is -0.246. The molecule has 4 aromatic rings. The van der Waals surface area contributed by atoms with Gasteiger partial charge in [0.15, 0.2) is 4.80 Å². The van der Waals surface area contributed by atoms with Gasteiger partial charge in [-0.05, 0) is 43.0 Å². The highest BCUT2D eigenvalue weighted by atomic mass is 32.1. The van der Waals surface area contributed by atoms with E-state index in [1.54, 1.807) is 23.5 Å². The van der Waals surface area contributed by atoms with Crippen LogP contribution in [0.1, 0.15) is 37.0 Å². The van der Waals surface area contributed by atoms with Crippen LogP contribution in [0.15, 0.2) is 65.7 Å². The molecule has 0 saturated carbocycles. The van der Waals surface area contributed by atoms with Crippen LogP contribution >= 0.6 is 11.3 Å². The van der Waals surface area contributed by atoms with Gasteiger partial charge in [-0.15, -0.1) is 0 Å². The predicted octanol–water partition coefficient (Wildman–Crippen LogP) is 5.80. The molecule has 0 N–H and O–H groups in total. The topological polar surface area (TPSA) is 43.6 Å². The van der Waals surface area contributed by atoms with Crippen LogP contribution in [0.5, 0.6) is 5.75 Å². The summed E-state index contributed by atoms with van der Waals surface area (Å²) in [6, 6.07) is 19.8. The van der Waals surface area contributed by atoms with Crippen molar-refractivity contribution in [2.45, 2.75) is 33.2 Å². The van der Waals surface area contributed by atoms with Gasteiger partial charge in [0, 0.05) is 17.5 Å². The average Bonchev–Trinajstić information content (AvgIpc) is 3.11. The van der Waals surface area contributed by atoms with Crippen molar-refractivity contribution in [2.75, 3.05) is 6.61 Å². The van der Waals surface area contributed by atoms with Crippen LogP contribution in [0.3, 0.4) is 0 Å². The van der Waals surface area contributed by atoms with E-state index in [2.05, 4.69) is 47.7 Å². The number of nitrogens with zero attached hydrogens (tertiary/aromatic N) is 2. The third-order valence-corrected chi connectivity index (χ3v) is 6.06. The van der Waals surface area contributed by atoms with Gasteiger partial charge in [0.1, 0.15) is 5.75 Å². The van der Waals surface area contributed by atoms with E-state index in [0.717, 1.165) is 34.4 Å². The summed E-state index contributed by atoms with van der Waals surface area (Å²) in [7, 11) is 0. The van der Waals surface area contributed by atoms with Gasteiger partial charge in [0.05, 0.1) is 16.8 Å². The fraction of sp³-hybridized carbons (Fsp3) is 0.250. The molecule has 1 aromatic heterocycles. The van der Waals surface area contributed by atoms with Crippen molar-refractivity contribution in [3.63, 3.8) is 0 Å². The zero-order valence-electron chi connectivity index (χ0n) is 16.7. The van der Waals surface area contributed by atoms with Crippen LogP contribution in [0, 0.1) is 0 Å². The van der Waals surface area contributed by atoms with Crippen molar-refractivity contribution in [1.29, 1.82) is 0 Å². The quantitative estimate of drug-likeness (QED) is 0.381. The summed E-state index contributed by atoms with van der Waals surface area (Å²) in [6.07, 6.45) is 2.07. The Kier molecular flexibility index (Phi) is 5.76. The summed E-state index contributed by atoms with van der Waals surface area (Å²) in [5.74, 6) is 0.467. The second-order valence-electron chi connectivity index (χ2n) is 6.91. The highest BCUT2D eigenvalue weighted by molar-refractivity contribution is 7.17. The van der Waals surface area contributed by atoms with E-state index in [1.807, 2.05) is 24.3 Å². The van der Waals surface area contributed by atoms with Crippen LogP contribution in [0.4, 0.5) is 0 Å². The SMILES string of the molecule is CCCCOc1cccc(C(=O)N=c2sc3c4ccccc4ccc3n2CC)c1. The van der Waals surface area contributed by atoms with E-state index < -0.39 is 0 Å². The Morgan fingerprint density at radius 1 is 1.07 bits per heavy atom. The number of aryl methyl sites for hydroxylation is 1. The lowest BCUT2D eigenvalue weighted by molar-refractivity contribution is 0.0997. The monoisotopic (exact) mass is 404 g/mol. The van der Waals surface area contributed by atoms with E-state index in [1.165, 1.54) is 10.8 Å². The van der Waals surface area contributed by atoms with Crippen molar-refractivity contribution in [3.05, 3.63) is 71.0 Å². The Morgan fingerprint density at radius 2 is 1.93 bits per heavy atom. The molecule has 0 radical (unpaired) electrons. The number of hydrogen-bond donors (Lipinski definition) is 0. The summed E-state index contributed by atoms with van der Waals surface area (Å²) in [4.78, 5) is 18.1. The Hall–Kier alpha value is -2.92. The van der Waals surface area contributed by atoms with E-state index in [9.17, 15) is 4.79 Å². The third-order valence-electron chi connectivity index (χ3n) is 4.93. The zero-order chi connectivity index (χ0) is 20.2. The summed E-state index contributed by atoms with van der Waals surface area (Å²) < 4.78 is 9.00. The number of hydrogen-bond acceptors (Lipinski definition) is 3. The summed E-state index contributed by atoms with van der Waals surface area (Å²) in [5, 5.41) is 2.39. The lowest BCUT2D eigenvalue weighted by Gasteiger charge is -2.06. The second kappa shape index (κ2) is 8.62. The highest BCUT2D eigenvalue weighted by Gasteiger charge is 2.11. The van der Waals surface area contributed by atoms with Crippen LogP contribution in [-0.4, -0.2) is 17.1 Å². The normalized spacial score (nSPS) is 12.0. The molecule has 0 saturated heterocycles. The average molecular weight is 405 g/mol. The molecule has 148 valence electrons. The minimum Gasteiger partial charge on any atom is -0.494 e. The Labute approximate surface area is 174 Å². The molecule has 0 aliphatic rings. The van der Waals surface area contributed by atoms with Gasteiger partial charge in [-0.1, -0.05) is 61.1 Å². The first-order valence-corrected chi connectivity index (χ1v) is 10.9. The van der Waals surface area contributed by atoms with Crippen LogP contribution in [-0.2, 0) is 6.54 Å². The van der Waals surface area contributed by atoms with Crippen molar-refractivity contribution in [1.82, 2.24) is 4.57 Å².